The summed E-state index contributed by atoms with van der Waals surface area (Å²) in [5.41, 5.74) is 7.46. The molecule has 3 N–H and O–H groups in total. The third-order valence-corrected chi connectivity index (χ3v) is 2.38. The average Bonchev–Trinajstić information content (AvgIpc) is 2.20. The van der Waals surface area contributed by atoms with Crippen LogP contribution in [-0.4, -0.2) is 16.8 Å². The lowest BCUT2D eigenvalue weighted by atomic mass is 10.1. The Bertz CT molecular complexity index is 462. The zero-order valence-corrected chi connectivity index (χ0v) is 10.3. The quantitative estimate of drug-likeness (QED) is 0.456. The van der Waals surface area contributed by atoms with Gasteiger partial charge in [-0.15, -0.1) is 0 Å². The molecular weight excluding hydrogens is 294 g/mol. The van der Waals surface area contributed by atoms with Gasteiger partial charge in [0.25, 0.3) is 0 Å². The molecule has 0 saturated heterocycles. The van der Waals surface area contributed by atoms with Gasteiger partial charge in [-0.05, 0) is 18.3 Å². The first-order chi connectivity index (χ1) is 7.52. The summed E-state index contributed by atoms with van der Waals surface area (Å²) in [5.74, 6) is -1.42. The number of benzene rings is 1. The number of rotatable bonds is 3. The Morgan fingerprint density at radius 1 is 1.50 bits per heavy atom. The minimum Gasteiger partial charge on any atom is -0.543 e. The molecular formula is C9H7BrN3O2S-. The molecule has 0 unspecified atom stereocenters. The zero-order chi connectivity index (χ0) is 12.1. The van der Waals surface area contributed by atoms with Crippen LogP contribution in [0.25, 0.3) is 0 Å². The van der Waals surface area contributed by atoms with Crippen molar-refractivity contribution in [1.29, 1.82) is 0 Å². The number of carboxylic acid groups (broad SMARTS) is 1. The fourth-order valence-electron chi connectivity index (χ4n) is 0.980. The van der Waals surface area contributed by atoms with Gasteiger partial charge in [0, 0.05) is 10.0 Å². The molecule has 0 aliphatic rings. The molecule has 0 amide bonds. The molecule has 0 aliphatic carbocycles. The normalized spacial score (nSPS) is 10.9. The molecule has 1 aromatic carbocycles. The summed E-state index contributed by atoms with van der Waals surface area (Å²) in [6.07, 6.45) is 0. The van der Waals surface area contributed by atoms with E-state index in [-0.39, 0.29) is 10.8 Å². The molecule has 5 nitrogen and oxygen atoms in total. The number of hydrogen-bond donors (Lipinski definition) is 2. The standard InChI is InChI=1S/C9H8BrN3O2S/c10-6-4-2-1-3-5(6)7(8(14)15)12-13-9(11)16/h1-4H,(H,14,15)(H3,11,13,16)/p-1/b12-7-. The SMILES string of the molecule is NC(=S)N/N=C(\C(=O)[O-])c1ccccc1Br. The van der Waals surface area contributed by atoms with Gasteiger partial charge in [-0.1, -0.05) is 34.1 Å². The number of carboxylic acids is 1. The van der Waals surface area contributed by atoms with Gasteiger partial charge in [0.1, 0.15) is 5.71 Å². The second-order valence-electron chi connectivity index (χ2n) is 2.70. The van der Waals surface area contributed by atoms with Gasteiger partial charge < -0.3 is 15.6 Å². The summed E-state index contributed by atoms with van der Waals surface area (Å²) < 4.78 is 0.586. The molecule has 84 valence electrons. The van der Waals surface area contributed by atoms with E-state index in [9.17, 15) is 9.90 Å². The molecule has 0 fully saturated rings. The Labute approximate surface area is 105 Å². The second-order valence-corrected chi connectivity index (χ2v) is 4.00. The summed E-state index contributed by atoms with van der Waals surface area (Å²) >= 11 is 7.73. The number of carbonyl (C=O) groups excluding carboxylic acids is 1. The molecule has 0 spiro atoms. The van der Waals surface area contributed by atoms with Crippen molar-refractivity contribution in [2.24, 2.45) is 10.8 Å². The third kappa shape index (κ3) is 3.28. The van der Waals surface area contributed by atoms with Gasteiger partial charge in [0.2, 0.25) is 0 Å². The van der Waals surface area contributed by atoms with Crippen molar-refractivity contribution in [2.75, 3.05) is 0 Å². The minimum absolute atomic E-state index is 0.120. The van der Waals surface area contributed by atoms with Gasteiger partial charge in [-0.2, -0.15) is 5.10 Å². The van der Waals surface area contributed by atoms with E-state index in [0.717, 1.165) is 0 Å². The van der Waals surface area contributed by atoms with Gasteiger partial charge >= 0.3 is 0 Å². The van der Waals surface area contributed by atoms with Crippen LogP contribution in [0.1, 0.15) is 5.56 Å². The maximum atomic E-state index is 10.9. The monoisotopic (exact) mass is 300 g/mol. The first kappa shape index (κ1) is 12.6. The molecule has 16 heavy (non-hydrogen) atoms. The first-order valence-corrected chi connectivity index (χ1v) is 5.32. The van der Waals surface area contributed by atoms with Crippen LogP contribution in [0.4, 0.5) is 0 Å². The molecule has 1 aromatic rings. The van der Waals surface area contributed by atoms with Crippen molar-refractivity contribution in [1.82, 2.24) is 5.43 Å². The third-order valence-electron chi connectivity index (χ3n) is 1.60. The molecule has 0 aliphatic heterocycles. The predicted octanol–water partition coefficient (Wildman–Crippen LogP) is -0.264. The smallest absolute Gasteiger partial charge is 0.184 e. The lowest BCUT2D eigenvalue weighted by molar-refractivity contribution is -0.294. The molecule has 7 heteroatoms. The maximum Gasteiger partial charge on any atom is 0.184 e. The Balaban J connectivity index is 3.13. The summed E-state index contributed by atoms with van der Waals surface area (Å²) in [7, 11) is 0. The Kier molecular flexibility index (Phi) is 4.39. The van der Waals surface area contributed by atoms with Gasteiger partial charge in [-0.25, -0.2) is 0 Å². The van der Waals surface area contributed by atoms with Crippen molar-refractivity contribution >= 4 is 44.9 Å². The topological polar surface area (TPSA) is 90.5 Å². The lowest BCUT2D eigenvalue weighted by Crippen LogP contribution is -2.35. The number of aliphatic carboxylic acids is 1. The van der Waals surface area contributed by atoms with E-state index < -0.39 is 5.97 Å². The maximum absolute atomic E-state index is 10.9. The molecule has 0 aromatic heterocycles. The van der Waals surface area contributed by atoms with E-state index in [2.05, 4.69) is 38.7 Å². The Hall–Kier alpha value is -1.47. The highest BCUT2D eigenvalue weighted by atomic mass is 79.9. The van der Waals surface area contributed by atoms with E-state index in [4.69, 9.17) is 5.73 Å². The molecule has 1 rings (SSSR count). The summed E-state index contributed by atoms with van der Waals surface area (Å²) in [6.45, 7) is 0. The molecule has 0 saturated carbocycles. The van der Waals surface area contributed by atoms with Gasteiger partial charge in [0.05, 0.1) is 5.97 Å². The van der Waals surface area contributed by atoms with E-state index in [0.29, 0.717) is 10.0 Å². The van der Waals surface area contributed by atoms with Crippen LogP contribution in [0, 0.1) is 0 Å². The van der Waals surface area contributed by atoms with Gasteiger partial charge in [-0.3, -0.25) is 5.43 Å². The van der Waals surface area contributed by atoms with Crippen LogP contribution in [0.15, 0.2) is 33.8 Å². The number of carbonyl (C=O) groups is 1. The number of nitrogens with zero attached hydrogens (tertiary/aromatic N) is 1. The van der Waals surface area contributed by atoms with Crippen LogP contribution < -0.4 is 16.3 Å². The van der Waals surface area contributed by atoms with Crippen LogP contribution >= 0.6 is 28.1 Å². The van der Waals surface area contributed by atoms with Gasteiger partial charge in [0.15, 0.2) is 5.11 Å². The van der Waals surface area contributed by atoms with Crippen LogP contribution in [0.3, 0.4) is 0 Å². The van der Waals surface area contributed by atoms with Crippen molar-refractivity contribution in [3.8, 4) is 0 Å². The number of nitrogens with one attached hydrogen (secondary N) is 1. The number of hydrogen-bond acceptors (Lipinski definition) is 4. The van der Waals surface area contributed by atoms with Crippen molar-refractivity contribution in [3.05, 3.63) is 34.3 Å². The highest BCUT2D eigenvalue weighted by Crippen LogP contribution is 2.16. The summed E-state index contributed by atoms with van der Waals surface area (Å²) in [6, 6.07) is 6.70. The Morgan fingerprint density at radius 3 is 2.62 bits per heavy atom. The fraction of sp³-hybridized carbons (Fsp3) is 0. The average molecular weight is 301 g/mol. The van der Waals surface area contributed by atoms with Crippen LogP contribution in [-0.2, 0) is 4.79 Å². The summed E-state index contributed by atoms with van der Waals surface area (Å²) in [4.78, 5) is 10.9. The zero-order valence-electron chi connectivity index (χ0n) is 7.94. The minimum atomic E-state index is -1.42. The second kappa shape index (κ2) is 5.57. The molecule has 0 radical (unpaired) electrons. The van der Waals surface area contributed by atoms with Crippen LogP contribution in [0.2, 0.25) is 0 Å². The number of hydrazone groups is 1. The van der Waals surface area contributed by atoms with Crippen LogP contribution in [0.5, 0.6) is 0 Å². The van der Waals surface area contributed by atoms with Crippen molar-refractivity contribution < 1.29 is 9.90 Å². The summed E-state index contributed by atoms with van der Waals surface area (Å²) in [5, 5.41) is 14.3. The highest BCUT2D eigenvalue weighted by molar-refractivity contribution is 9.10. The van der Waals surface area contributed by atoms with E-state index in [1.54, 1.807) is 24.3 Å². The number of nitrogens with two attached hydrogens (primary N) is 1. The molecule has 0 atom stereocenters. The lowest BCUT2D eigenvalue weighted by Gasteiger charge is -2.09. The largest absolute Gasteiger partial charge is 0.543 e. The Morgan fingerprint density at radius 2 is 2.12 bits per heavy atom. The predicted molar refractivity (Wildman–Crippen MR) is 65.6 cm³/mol. The fourth-order valence-corrected chi connectivity index (χ4v) is 1.50. The molecule has 0 bridgehead atoms. The number of halogens is 1. The van der Waals surface area contributed by atoms with Crippen molar-refractivity contribution in [2.45, 2.75) is 0 Å². The van der Waals surface area contributed by atoms with E-state index in [1.807, 2.05) is 0 Å². The number of thiocarbonyl (C=S) groups is 1. The van der Waals surface area contributed by atoms with E-state index >= 15 is 0 Å². The molecule has 0 heterocycles. The highest BCUT2D eigenvalue weighted by Gasteiger charge is 2.08. The first-order valence-electron chi connectivity index (χ1n) is 4.11. The van der Waals surface area contributed by atoms with Crippen molar-refractivity contribution in [3.63, 3.8) is 0 Å². The van der Waals surface area contributed by atoms with E-state index in [1.165, 1.54) is 0 Å².